The lowest BCUT2D eigenvalue weighted by molar-refractivity contribution is -0.0997. The second-order valence-electron chi connectivity index (χ2n) is 3.63. The minimum Gasteiger partial charge on any atom is -0.358 e. The molecule has 0 saturated heterocycles. The third-order valence-electron chi connectivity index (χ3n) is 2.62. The predicted octanol–water partition coefficient (Wildman–Crippen LogP) is 2.73. The Morgan fingerprint density at radius 1 is 1.38 bits per heavy atom. The van der Waals surface area contributed by atoms with Crippen molar-refractivity contribution in [3.63, 3.8) is 0 Å². The molecule has 0 amide bonds. The van der Waals surface area contributed by atoms with Gasteiger partial charge in [0.15, 0.2) is 0 Å². The van der Waals surface area contributed by atoms with Gasteiger partial charge in [-0.25, -0.2) is 0 Å². The molecule has 0 aliphatic carbocycles. The Hall–Kier alpha value is -1.61. The smallest absolute Gasteiger partial charge is 0.249 e. The molecule has 2 rings (SSSR count). The van der Waals surface area contributed by atoms with E-state index in [1.165, 1.54) is 0 Å². The van der Waals surface area contributed by atoms with E-state index < -0.39 is 6.29 Å². The van der Waals surface area contributed by atoms with Crippen molar-refractivity contribution in [1.29, 1.82) is 0 Å². The summed E-state index contributed by atoms with van der Waals surface area (Å²) in [6.07, 6.45) is -0.528. The van der Waals surface area contributed by atoms with Crippen LogP contribution in [0.4, 0.5) is 0 Å². The Kier molecular flexibility index (Phi) is 2.70. The number of hydrogen-bond acceptors (Lipinski definition) is 3. The largest absolute Gasteiger partial charge is 0.358 e. The predicted molar refractivity (Wildman–Crippen MR) is 63.2 cm³/mol. The lowest BCUT2D eigenvalue weighted by atomic mass is 9.99. The van der Waals surface area contributed by atoms with Gasteiger partial charge in [-0.3, -0.25) is 0 Å². The maximum absolute atomic E-state index is 7.54. The Labute approximate surface area is 96.8 Å². The average molecular weight is 218 g/mol. The normalized spacial score (nSPS) is 21.2. The monoisotopic (exact) mass is 218 g/mol. The van der Waals surface area contributed by atoms with Crippen LogP contribution in [0.1, 0.15) is 20.8 Å². The van der Waals surface area contributed by atoms with E-state index in [0.29, 0.717) is 0 Å². The number of nitrogens with zero attached hydrogens (tertiary/aromatic N) is 1. The minimum atomic E-state index is -0.528. The van der Waals surface area contributed by atoms with E-state index in [0.717, 1.165) is 22.4 Å². The standard InChI is InChI=1S/C13H15NO2/c1-9-10(2)13(15-3)16-14-12(9)11-7-5-4-6-8-11/h4-8,13H,1-3H3/i2D. The van der Waals surface area contributed by atoms with Crippen molar-refractivity contribution in [2.45, 2.75) is 20.1 Å². The van der Waals surface area contributed by atoms with E-state index >= 15 is 0 Å². The van der Waals surface area contributed by atoms with Crippen molar-refractivity contribution < 1.29 is 10.9 Å². The molecule has 3 heteroatoms. The molecule has 16 heavy (non-hydrogen) atoms. The molecule has 3 nitrogen and oxygen atoms in total. The van der Waals surface area contributed by atoms with Crippen LogP contribution in [0.5, 0.6) is 0 Å². The quantitative estimate of drug-likeness (QED) is 0.764. The third-order valence-corrected chi connectivity index (χ3v) is 2.62. The van der Waals surface area contributed by atoms with Crippen LogP contribution in [-0.2, 0) is 9.57 Å². The molecule has 1 heterocycles. The highest BCUT2D eigenvalue weighted by atomic mass is 16.8. The van der Waals surface area contributed by atoms with Crippen LogP contribution in [0.3, 0.4) is 0 Å². The molecule has 1 aliphatic rings. The summed E-state index contributed by atoms with van der Waals surface area (Å²) >= 11 is 0. The Balaban J connectivity index is 2.39. The Bertz CT molecular complexity index is 454. The van der Waals surface area contributed by atoms with Crippen LogP contribution >= 0.6 is 0 Å². The second kappa shape index (κ2) is 4.49. The molecule has 0 fully saturated rings. The fraction of sp³-hybridized carbons (Fsp3) is 0.308. The lowest BCUT2D eigenvalue weighted by Gasteiger charge is -2.22. The maximum atomic E-state index is 7.54. The molecular formula is C13H15NO2. The summed E-state index contributed by atoms with van der Waals surface area (Å²) in [5, 5.41) is 4.08. The molecule has 0 saturated carbocycles. The van der Waals surface area contributed by atoms with E-state index in [1.54, 1.807) is 7.11 Å². The van der Waals surface area contributed by atoms with E-state index in [2.05, 4.69) is 5.16 Å². The van der Waals surface area contributed by atoms with Crippen molar-refractivity contribution in [1.82, 2.24) is 0 Å². The van der Waals surface area contributed by atoms with Crippen LogP contribution in [0, 0.1) is 0 Å². The van der Waals surface area contributed by atoms with E-state index in [9.17, 15) is 0 Å². The average Bonchev–Trinajstić information content (AvgIpc) is 2.39. The van der Waals surface area contributed by atoms with Gasteiger partial charge in [0.2, 0.25) is 6.29 Å². The van der Waals surface area contributed by atoms with Crippen LogP contribution in [0.2, 0.25) is 0 Å². The molecular weight excluding hydrogens is 202 g/mol. The summed E-state index contributed by atoms with van der Waals surface area (Å²) in [6, 6.07) is 9.80. The molecule has 1 unspecified atom stereocenters. The van der Waals surface area contributed by atoms with Crippen molar-refractivity contribution >= 4 is 5.71 Å². The number of allylic oxidation sites excluding steroid dienone is 1. The SMILES string of the molecule is [2H]CC1=C(C)C(c2ccccc2)=NOC1OC. The summed E-state index contributed by atoms with van der Waals surface area (Å²) in [5.74, 6) is 0. The van der Waals surface area contributed by atoms with Gasteiger partial charge in [-0.1, -0.05) is 35.5 Å². The first-order valence-corrected chi connectivity index (χ1v) is 5.09. The molecule has 0 spiro atoms. The van der Waals surface area contributed by atoms with Crippen LogP contribution in [-0.4, -0.2) is 19.1 Å². The number of methoxy groups -OCH3 is 1. The summed E-state index contributed by atoms with van der Waals surface area (Å²) < 4.78 is 12.7. The van der Waals surface area contributed by atoms with Crippen LogP contribution in [0.15, 0.2) is 46.6 Å². The molecule has 0 N–H and O–H groups in total. The number of oxime groups is 1. The van der Waals surface area contributed by atoms with Crippen molar-refractivity contribution in [3.8, 4) is 0 Å². The minimum absolute atomic E-state index is 0.149. The van der Waals surface area contributed by atoms with E-state index in [1.807, 2.05) is 37.3 Å². The van der Waals surface area contributed by atoms with Gasteiger partial charge in [0.05, 0.1) is 0 Å². The van der Waals surface area contributed by atoms with Gasteiger partial charge >= 0.3 is 0 Å². The summed E-state index contributed by atoms with van der Waals surface area (Å²) in [6.45, 7) is 2.10. The Morgan fingerprint density at radius 3 is 2.75 bits per heavy atom. The highest BCUT2D eigenvalue weighted by Crippen LogP contribution is 2.22. The van der Waals surface area contributed by atoms with Crippen molar-refractivity contribution in [2.24, 2.45) is 5.16 Å². The fourth-order valence-corrected chi connectivity index (χ4v) is 1.61. The van der Waals surface area contributed by atoms with Gasteiger partial charge in [-0.2, -0.15) is 0 Å². The number of hydrogen-bond donors (Lipinski definition) is 0. The van der Waals surface area contributed by atoms with Crippen molar-refractivity contribution in [2.75, 3.05) is 7.11 Å². The zero-order valence-electron chi connectivity index (χ0n) is 10.4. The third kappa shape index (κ3) is 1.86. The number of rotatable bonds is 2. The Morgan fingerprint density at radius 2 is 2.12 bits per heavy atom. The fourth-order valence-electron chi connectivity index (χ4n) is 1.61. The van der Waals surface area contributed by atoms with Crippen molar-refractivity contribution in [3.05, 3.63) is 47.0 Å². The first kappa shape index (κ1) is 9.60. The van der Waals surface area contributed by atoms with Gasteiger partial charge in [-0.15, -0.1) is 0 Å². The van der Waals surface area contributed by atoms with E-state index in [-0.39, 0.29) is 6.90 Å². The molecule has 0 aromatic heterocycles. The lowest BCUT2D eigenvalue weighted by Crippen LogP contribution is -2.23. The van der Waals surface area contributed by atoms with Gasteiger partial charge in [0.25, 0.3) is 0 Å². The summed E-state index contributed by atoms with van der Waals surface area (Å²) in [5.41, 5.74) is 3.55. The van der Waals surface area contributed by atoms with E-state index in [4.69, 9.17) is 10.9 Å². The highest BCUT2D eigenvalue weighted by molar-refractivity contribution is 6.12. The van der Waals surface area contributed by atoms with Crippen LogP contribution in [0.25, 0.3) is 0 Å². The first-order valence-electron chi connectivity index (χ1n) is 5.80. The molecule has 84 valence electrons. The first-order chi connectivity index (χ1) is 8.27. The molecule has 0 radical (unpaired) electrons. The number of ether oxygens (including phenoxy) is 1. The molecule has 1 aliphatic heterocycles. The molecule has 1 atom stereocenters. The van der Waals surface area contributed by atoms with Gasteiger partial charge in [-0.05, 0) is 19.4 Å². The zero-order valence-corrected chi connectivity index (χ0v) is 9.43. The highest BCUT2D eigenvalue weighted by Gasteiger charge is 2.22. The van der Waals surface area contributed by atoms with Crippen LogP contribution < -0.4 is 0 Å². The zero-order chi connectivity index (χ0) is 12.3. The van der Waals surface area contributed by atoms with Gasteiger partial charge < -0.3 is 9.57 Å². The molecule has 1 aromatic carbocycles. The molecule has 1 aromatic rings. The maximum Gasteiger partial charge on any atom is 0.249 e. The van der Waals surface area contributed by atoms with Gasteiger partial charge in [0, 0.05) is 19.6 Å². The van der Waals surface area contributed by atoms with Gasteiger partial charge in [0.1, 0.15) is 5.71 Å². The topological polar surface area (TPSA) is 30.8 Å². The summed E-state index contributed by atoms with van der Waals surface area (Å²) in [7, 11) is 1.55. The second-order valence-corrected chi connectivity index (χ2v) is 3.63. The summed E-state index contributed by atoms with van der Waals surface area (Å²) in [4.78, 5) is 5.26. The molecule has 0 bridgehead atoms. The number of benzene rings is 1.